The molecule has 0 unspecified atom stereocenters. The summed E-state index contributed by atoms with van der Waals surface area (Å²) in [5, 5.41) is 4.55. The molecule has 0 heterocycles. The lowest BCUT2D eigenvalue weighted by Crippen LogP contribution is -2.09. The third-order valence-corrected chi connectivity index (χ3v) is 4.14. The molecular weight excluding hydrogens is 373 g/mol. The molecule has 0 aliphatic carbocycles. The molecule has 0 amide bonds. The van der Waals surface area contributed by atoms with E-state index in [2.05, 4.69) is 5.32 Å². The Balaban J connectivity index is 1.66. The second kappa shape index (κ2) is 11.9. The number of benzene rings is 2. The fourth-order valence-electron chi connectivity index (χ4n) is 2.32. The van der Waals surface area contributed by atoms with E-state index in [4.69, 9.17) is 37.4 Å². The standard InChI is InChI=1S/C20H25Cl2NO3/c1-2-24-13-14-26-20-8-4-3-7-18(20)23-11-5-6-12-25-19-10-9-16(21)15-17(19)22/h3-4,7-10,15,23H,2,5-6,11-14H2,1H3. The number of hydrogen-bond donors (Lipinski definition) is 1. The SMILES string of the molecule is CCOCCOc1ccccc1NCCCCOc1ccc(Cl)cc1Cl. The number of ether oxygens (including phenoxy) is 3. The maximum Gasteiger partial charge on any atom is 0.142 e. The Bertz CT molecular complexity index is 667. The van der Waals surface area contributed by atoms with Crippen molar-refractivity contribution < 1.29 is 14.2 Å². The van der Waals surface area contributed by atoms with Gasteiger partial charge in [-0.2, -0.15) is 0 Å². The Morgan fingerprint density at radius 3 is 2.50 bits per heavy atom. The van der Waals surface area contributed by atoms with Gasteiger partial charge < -0.3 is 19.5 Å². The lowest BCUT2D eigenvalue weighted by atomic mass is 10.2. The second-order valence-corrected chi connectivity index (χ2v) is 6.44. The topological polar surface area (TPSA) is 39.7 Å². The molecular formula is C20H25Cl2NO3. The van der Waals surface area contributed by atoms with Crippen LogP contribution in [0.1, 0.15) is 19.8 Å². The van der Waals surface area contributed by atoms with E-state index in [0.29, 0.717) is 42.2 Å². The van der Waals surface area contributed by atoms with Gasteiger partial charge in [-0.1, -0.05) is 35.3 Å². The van der Waals surface area contributed by atoms with Crippen molar-refractivity contribution in [3.63, 3.8) is 0 Å². The fraction of sp³-hybridized carbons (Fsp3) is 0.400. The Morgan fingerprint density at radius 1 is 0.885 bits per heavy atom. The van der Waals surface area contributed by atoms with Crippen LogP contribution in [0.4, 0.5) is 5.69 Å². The largest absolute Gasteiger partial charge is 0.492 e. The highest BCUT2D eigenvalue weighted by Gasteiger charge is 2.04. The predicted octanol–water partition coefficient (Wildman–Crippen LogP) is 5.68. The van der Waals surface area contributed by atoms with Crippen molar-refractivity contribution in [2.45, 2.75) is 19.8 Å². The van der Waals surface area contributed by atoms with Crippen LogP contribution in [-0.4, -0.2) is 33.0 Å². The fourth-order valence-corrected chi connectivity index (χ4v) is 2.78. The first-order valence-electron chi connectivity index (χ1n) is 8.82. The van der Waals surface area contributed by atoms with Crippen LogP contribution in [0.2, 0.25) is 10.0 Å². The number of hydrogen-bond acceptors (Lipinski definition) is 4. The summed E-state index contributed by atoms with van der Waals surface area (Å²) in [5.41, 5.74) is 0.991. The van der Waals surface area contributed by atoms with Crippen molar-refractivity contribution in [3.05, 3.63) is 52.5 Å². The number of nitrogens with one attached hydrogen (secondary N) is 1. The monoisotopic (exact) mass is 397 g/mol. The van der Waals surface area contributed by atoms with Crippen LogP contribution < -0.4 is 14.8 Å². The Morgan fingerprint density at radius 2 is 1.69 bits per heavy atom. The first kappa shape index (κ1) is 20.7. The molecule has 4 nitrogen and oxygen atoms in total. The van der Waals surface area contributed by atoms with Crippen LogP contribution in [0.15, 0.2) is 42.5 Å². The Kier molecular flexibility index (Phi) is 9.46. The summed E-state index contributed by atoms with van der Waals surface area (Å²) in [5.74, 6) is 1.51. The molecule has 1 N–H and O–H groups in total. The van der Waals surface area contributed by atoms with Crippen molar-refractivity contribution in [2.24, 2.45) is 0 Å². The van der Waals surface area contributed by atoms with Crippen molar-refractivity contribution in [1.82, 2.24) is 0 Å². The van der Waals surface area contributed by atoms with Gasteiger partial charge in [0.05, 0.1) is 23.9 Å². The van der Waals surface area contributed by atoms with Gasteiger partial charge in [0.25, 0.3) is 0 Å². The molecule has 0 radical (unpaired) electrons. The lowest BCUT2D eigenvalue weighted by molar-refractivity contribution is 0.110. The van der Waals surface area contributed by atoms with Gasteiger partial charge in [0, 0.05) is 18.2 Å². The summed E-state index contributed by atoms with van der Waals surface area (Å²) in [6.07, 6.45) is 1.89. The van der Waals surface area contributed by atoms with E-state index < -0.39 is 0 Å². The van der Waals surface area contributed by atoms with E-state index in [9.17, 15) is 0 Å². The highest BCUT2D eigenvalue weighted by atomic mass is 35.5. The van der Waals surface area contributed by atoms with Gasteiger partial charge in [0.15, 0.2) is 0 Å². The molecule has 0 saturated carbocycles. The summed E-state index contributed by atoms with van der Waals surface area (Å²) in [6, 6.07) is 13.2. The predicted molar refractivity (Wildman–Crippen MR) is 108 cm³/mol. The van der Waals surface area contributed by atoms with E-state index in [0.717, 1.165) is 30.8 Å². The number of anilines is 1. The number of unbranched alkanes of at least 4 members (excludes halogenated alkanes) is 1. The average molecular weight is 398 g/mol. The molecule has 0 fully saturated rings. The van der Waals surface area contributed by atoms with Gasteiger partial charge in [-0.3, -0.25) is 0 Å². The lowest BCUT2D eigenvalue weighted by Gasteiger charge is -2.13. The van der Waals surface area contributed by atoms with E-state index in [1.165, 1.54) is 0 Å². The quantitative estimate of drug-likeness (QED) is 0.467. The molecule has 2 rings (SSSR count). The molecule has 0 aliphatic rings. The normalized spacial score (nSPS) is 10.6. The number of para-hydroxylation sites is 2. The van der Waals surface area contributed by atoms with Gasteiger partial charge in [-0.15, -0.1) is 0 Å². The van der Waals surface area contributed by atoms with Gasteiger partial charge in [-0.25, -0.2) is 0 Å². The van der Waals surface area contributed by atoms with Crippen LogP contribution in [0.3, 0.4) is 0 Å². The molecule has 0 atom stereocenters. The van der Waals surface area contributed by atoms with Gasteiger partial charge in [0.1, 0.15) is 18.1 Å². The molecule has 0 saturated heterocycles. The molecule has 0 aliphatic heterocycles. The summed E-state index contributed by atoms with van der Waals surface area (Å²) >= 11 is 12.0. The van der Waals surface area contributed by atoms with Gasteiger partial charge in [-0.05, 0) is 50.1 Å². The van der Waals surface area contributed by atoms with Crippen LogP contribution in [-0.2, 0) is 4.74 Å². The average Bonchev–Trinajstić information content (AvgIpc) is 2.64. The van der Waals surface area contributed by atoms with Crippen molar-refractivity contribution in [1.29, 1.82) is 0 Å². The van der Waals surface area contributed by atoms with Crippen molar-refractivity contribution in [2.75, 3.05) is 38.3 Å². The zero-order chi connectivity index (χ0) is 18.6. The van der Waals surface area contributed by atoms with Gasteiger partial charge >= 0.3 is 0 Å². The van der Waals surface area contributed by atoms with Crippen LogP contribution in [0.5, 0.6) is 11.5 Å². The van der Waals surface area contributed by atoms with Crippen LogP contribution >= 0.6 is 23.2 Å². The maximum absolute atomic E-state index is 6.08. The van der Waals surface area contributed by atoms with Crippen molar-refractivity contribution >= 4 is 28.9 Å². The smallest absolute Gasteiger partial charge is 0.142 e. The molecule has 2 aromatic carbocycles. The summed E-state index contributed by atoms with van der Waals surface area (Å²) in [6.45, 7) is 5.25. The molecule has 6 heteroatoms. The van der Waals surface area contributed by atoms with Crippen LogP contribution in [0, 0.1) is 0 Å². The van der Waals surface area contributed by atoms with Gasteiger partial charge in [0.2, 0.25) is 0 Å². The number of halogens is 2. The minimum atomic E-state index is 0.536. The summed E-state index contributed by atoms with van der Waals surface area (Å²) in [7, 11) is 0. The molecule has 0 bridgehead atoms. The zero-order valence-electron chi connectivity index (χ0n) is 15.0. The zero-order valence-corrected chi connectivity index (χ0v) is 16.5. The van der Waals surface area contributed by atoms with Crippen LogP contribution in [0.25, 0.3) is 0 Å². The minimum absolute atomic E-state index is 0.536. The first-order chi connectivity index (χ1) is 12.7. The third kappa shape index (κ3) is 7.32. The Hall–Kier alpha value is -1.62. The maximum atomic E-state index is 6.08. The van der Waals surface area contributed by atoms with E-state index in [1.54, 1.807) is 18.2 Å². The van der Waals surface area contributed by atoms with E-state index in [1.807, 2.05) is 31.2 Å². The molecule has 142 valence electrons. The highest BCUT2D eigenvalue weighted by molar-refractivity contribution is 6.35. The third-order valence-electron chi connectivity index (χ3n) is 3.61. The van der Waals surface area contributed by atoms with E-state index in [-0.39, 0.29) is 0 Å². The van der Waals surface area contributed by atoms with Crippen molar-refractivity contribution in [3.8, 4) is 11.5 Å². The summed E-state index contributed by atoms with van der Waals surface area (Å²) in [4.78, 5) is 0. The Labute approximate surface area is 165 Å². The molecule has 0 aromatic heterocycles. The highest BCUT2D eigenvalue weighted by Crippen LogP contribution is 2.27. The molecule has 26 heavy (non-hydrogen) atoms. The molecule has 2 aromatic rings. The minimum Gasteiger partial charge on any atom is -0.492 e. The summed E-state index contributed by atoms with van der Waals surface area (Å²) < 4.78 is 16.7. The first-order valence-corrected chi connectivity index (χ1v) is 9.57. The number of rotatable bonds is 12. The van der Waals surface area contributed by atoms with E-state index >= 15 is 0 Å². The molecule has 0 spiro atoms. The second-order valence-electron chi connectivity index (χ2n) is 5.60.